The molecule has 3 rings (SSSR count). The Morgan fingerprint density at radius 3 is 2.58 bits per heavy atom. The average Bonchev–Trinajstić information content (AvgIpc) is 3.31. The van der Waals surface area contributed by atoms with Crippen LogP contribution in [0.3, 0.4) is 0 Å². The number of ether oxygens (including phenoxy) is 1. The van der Waals surface area contributed by atoms with Gasteiger partial charge >= 0.3 is 0 Å². The summed E-state index contributed by atoms with van der Waals surface area (Å²) in [5.41, 5.74) is 0.662. The molecule has 0 spiro atoms. The zero-order chi connectivity index (χ0) is 17.0. The summed E-state index contributed by atoms with van der Waals surface area (Å²) in [4.78, 5) is 19.0. The third-order valence-corrected chi connectivity index (χ3v) is 4.93. The molecule has 0 N–H and O–H groups in total. The standard InChI is InChI=1S/C18H23N3O3/c1-21(12-9-16-19-13-24-20-16)17(22)18(10-3-4-11-18)14-5-7-15(23-2)8-6-14/h5-8,13H,3-4,9-12H2,1-2H3. The lowest BCUT2D eigenvalue weighted by atomic mass is 9.77. The number of amides is 1. The van der Waals surface area contributed by atoms with E-state index in [4.69, 9.17) is 9.26 Å². The Hall–Kier alpha value is -2.37. The van der Waals surface area contributed by atoms with Crippen LogP contribution in [0.25, 0.3) is 0 Å². The minimum atomic E-state index is -0.418. The van der Waals surface area contributed by atoms with Crippen molar-refractivity contribution in [2.24, 2.45) is 0 Å². The van der Waals surface area contributed by atoms with Crippen LogP contribution in [0, 0.1) is 0 Å². The van der Waals surface area contributed by atoms with Crippen molar-refractivity contribution in [3.05, 3.63) is 42.0 Å². The monoisotopic (exact) mass is 329 g/mol. The van der Waals surface area contributed by atoms with Crippen molar-refractivity contribution in [3.8, 4) is 5.75 Å². The van der Waals surface area contributed by atoms with E-state index in [1.807, 2.05) is 31.3 Å². The van der Waals surface area contributed by atoms with Crippen LogP contribution in [0.2, 0.25) is 0 Å². The molecule has 1 fully saturated rings. The molecule has 1 saturated carbocycles. The van der Waals surface area contributed by atoms with Crippen molar-refractivity contribution in [2.45, 2.75) is 37.5 Å². The third-order valence-electron chi connectivity index (χ3n) is 4.93. The van der Waals surface area contributed by atoms with Gasteiger partial charge in [0.05, 0.1) is 12.5 Å². The van der Waals surface area contributed by atoms with Gasteiger partial charge in [-0.25, -0.2) is 0 Å². The van der Waals surface area contributed by atoms with Crippen molar-refractivity contribution < 1.29 is 14.1 Å². The van der Waals surface area contributed by atoms with Crippen LogP contribution in [0.1, 0.15) is 37.1 Å². The molecule has 6 heteroatoms. The van der Waals surface area contributed by atoms with Crippen molar-refractivity contribution >= 4 is 5.91 Å². The number of methoxy groups -OCH3 is 1. The number of likely N-dealkylation sites (N-methyl/N-ethyl adjacent to an activating group) is 1. The normalized spacial score (nSPS) is 16.1. The summed E-state index contributed by atoms with van der Waals surface area (Å²) in [5, 5.41) is 3.80. The van der Waals surface area contributed by atoms with E-state index in [1.54, 1.807) is 12.0 Å². The van der Waals surface area contributed by atoms with Gasteiger partial charge in [-0.2, -0.15) is 4.98 Å². The Morgan fingerprint density at radius 1 is 1.29 bits per heavy atom. The van der Waals surface area contributed by atoms with E-state index in [1.165, 1.54) is 6.39 Å². The molecule has 0 aliphatic heterocycles. The number of benzene rings is 1. The summed E-state index contributed by atoms with van der Waals surface area (Å²) < 4.78 is 9.98. The average molecular weight is 329 g/mol. The van der Waals surface area contributed by atoms with E-state index >= 15 is 0 Å². The Labute approximate surface area is 141 Å². The minimum absolute atomic E-state index is 0.175. The number of hydrogen-bond acceptors (Lipinski definition) is 5. The van der Waals surface area contributed by atoms with E-state index in [9.17, 15) is 4.79 Å². The lowest BCUT2D eigenvalue weighted by molar-refractivity contribution is -0.136. The SMILES string of the molecule is COc1ccc(C2(C(=O)N(C)CCc3ncon3)CCCC2)cc1. The fourth-order valence-electron chi connectivity index (χ4n) is 3.55. The highest BCUT2D eigenvalue weighted by Crippen LogP contribution is 2.42. The lowest BCUT2D eigenvalue weighted by Gasteiger charge is -2.33. The first-order valence-corrected chi connectivity index (χ1v) is 8.31. The molecular formula is C18H23N3O3. The van der Waals surface area contributed by atoms with Gasteiger partial charge in [0.1, 0.15) is 5.75 Å². The maximum atomic E-state index is 13.2. The molecule has 1 aliphatic rings. The van der Waals surface area contributed by atoms with Crippen LogP contribution in [0.5, 0.6) is 5.75 Å². The first-order valence-electron chi connectivity index (χ1n) is 8.31. The number of carbonyl (C=O) groups is 1. The lowest BCUT2D eigenvalue weighted by Crippen LogP contribution is -2.44. The van der Waals surface area contributed by atoms with Crippen LogP contribution < -0.4 is 4.74 Å². The second-order valence-electron chi connectivity index (χ2n) is 6.34. The maximum Gasteiger partial charge on any atom is 0.232 e. The Morgan fingerprint density at radius 2 is 2.00 bits per heavy atom. The summed E-state index contributed by atoms with van der Waals surface area (Å²) in [6.45, 7) is 0.580. The quantitative estimate of drug-likeness (QED) is 0.815. The first kappa shape index (κ1) is 16.5. The minimum Gasteiger partial charge on any atom is -0.497 e. The maximum absolute atomic E-state index is 13.2. The van der Waals surface area contributed by atoms with Gasteiger partial charge in [0.2, 0.25) is 12.3 Å². The molecule has 1 aromatic heterocycles. The molecule has 24 heavy (non-hydrogen) atoms. The predicted octanol–water partition coefficient (Wildman–Crippen LogP) is 2.59. The third kappa shape index (κ3) is 3.13. The van der Waals surface area contributed by atoms with Crippen molar-refractivity contribution in [1.29, 1.82) is 0 Å². The van der Waals surface area contributed by atoms with Gasteiger partial charge in [-0.1, -0.05) is 30.1 Å². The molecule has 0 radical (unpaired) electrons. The molecule has 0 unspecified atom stereocenters. The van der Waals surface area contributed by atoms with Crippen LogP contribution in [0.15, 0.2) is 35.2 Å². The molecular weight excluding hydrogens is 306 g/mol. The summed E-state index contributed by atoms with van der Waals surface area (Å²) >= 11 is 0. The highest BCUT2D eigenvalue weighted by molar-refractivity contribution is 5.88. The van der Waals surface area contributed by atoms with Crippen LogP contribution >= 0.6 is 0 Å². The van der Waals surface area contributed by atoms with E-state index in [0.717, 1.165) is 37.0 Å². The summed E-state index contributed by atoms with van der Waals surface area (Å²) in [6, 6.07) is 7.91. The molecule has 1 amide bonds. The van der Waals surface area contributed by atoms with Gasteiger partial charge in [-0.15, -0.1) is 0 Å². The Kier molecular flexibility index (Phi) is 4.83. The van der Waals surface area contributed by atoms with Gasteiger partial charge in [-0.05, 0) is 30.5 Å². The van der Waals surface area contributed by atoms with Crippen molar-refractivity contribution in [2.75, 3.05) is 20.7 Å². The van der Waals surface area contributed by atoms with E-state index in [2.05, 4.69) is 10.1 Å². The van der Waals surface area contributed by atoms with Crippen LogP contribution in [-0.2, 0) is 16.6 Å². The molecule has 1 heterocycles. The largest absolute Gasteiger partial charge is 0.497 e. The first-order chi connectivity index (χ1) is 11.7. The number of rotatable bonds is 6. The Balaban J connectivity index is 1.76. The van der Waals surface area contributed by atoms with Crippen LogP contribution in [0.4, 0.5) is 0 Å². The van der Waals surface area contributed by atoms with Gasteiger partial charge in [-0.3, -0.25) is 4.79 Å². The highest BCUT2D eigenvalue weighted by atomic mass is 16.5. The second kappa shape index (κ2) is 7.03. The van der Waals surface area contributed by atoms with Gasteiger partial charge in [0.15, 0.2) is 5.82 Å². The summed E-state index contributed by atoms with van der Waals surface area (Å²) in [7, 11) is 3.50. The topological polar surface area (TPSA) is 68.5 Å². The molecule has 128 valence electrons. The second-order valence-corrected chi connectivity index (χ2v) is 6.34. The number of hydrogen-bond donors (Lipinski definition) is 0. The van der Waals surface area contributed by atoms with Crippen molar-refractivity contribution in [3.63, 3.8) is 0 Å². The molecule has 1 aliphatic carbocycles. The van der Waals surface area contributed by atoms with Gasteiger partial charge < -0.3 is 14.2 Å². The van der Waals surface area contributed by atoms with E-state index in [-0.39, 0.29) is 5.91 Å². The molecule has 0 bridgehead atoms. The molecule has 0 saturated heterocycles. The summed E-state index contributed by atoms with van der Waals surface area (Å²) in [5.74, 6) is 1.61. The molecule has 0 atom stereocenters. The summed E-state index contributed by atoms with van der Waals surface area (Å²) in [6.07, 6.45) is 5.85. The number of aromatic nitrogens is 2. The van der Waals surface area contributed by atoms with Gasteiger partial charge in [0.25, 0.3) is 0 Å². The van der Waals surface area contributed by atoms with Crippen molar-refractivity contribution in [1.82, 2.24) is 15.0 Å². The highest BCUT2D eigenvalue weighted by Gasteiger charge is 2.44. The zero-order valence-corrected chi connectivity index (χ0v) is 14.2. The fourth-order valence-corrected chi connectivity index (χ4v) is 3.55. The number of nitrogens with zero attached hydrogens (tertiary/aromatic N) is 3. The Bertz CT molecular complexity index is 661. The molecule has 1 aromatic carbocycles. The molecule has 2 aromatic rings. The van der Waals surface area contributed by atoms with E-state index in [0.29, 0.717) is 18.8 Å². The number of carbonyl (C=O) groups excluding carboxylic acids is 1. The zero-order valence-electron chi connectivity index (χ0n) is 14.2. The van der Waals surface area contributed by atoms with Gasteiger partial charge in [0, 0.05) is 20.0 Å². The fraction of sp³-hybridized carbons (Fsp3) is 0.500. The molecule has 6 nitrogen and oxygen atoms in total. The smallest absolute Gasteiger partial charge is 0.232 e. The predicted molar refractivity (Wildman–Crippen MR) is 88.8 cm³/mol. The van der Waals surface area contributed by atoms with E-state index < -0.39 is 5.41 Å². The van der Waals surface area contributed by atoms with Crippen LogP contribution in [-0.4, -0.2) is 41.6 Å².